The summed E-state index contributed by atoms with van der Waals surface area (Å²) in [7, 11) is 0. The normalized spacial score (nSPS) is 15.5. The van der Waals surface area contributed by atoms with E-state index in [1.807, 2.05) is 18.2 Å². The number of para-hydroxylation sites is 1. The second-order valence-corrected chi connectivity index (χ2v) is 5.45. The van der Waals surface area contributed by atoms with E-state index in [2.05, 4.69) is 22.4 Å². The van der Waals surface area contributed by atoms with E-state index in [0.717, 1.165) is 42.2 Å². The maximum absolute atomic E-state index is 5.85. The Hall–Kier alpha value is -1.24. The molecule has 1 aliphatic carbocycles. The number of hydrogen-bond donors (Lipinski definition) is 2. The standard InChI is InChI=1S/C16H21N3O.HI/c17-16(19-11-12-4-3-5-12)18-9-8-14-10-13-6-1-2-7-15(13)20-14;/h1-2,6-7,10,12H,3-5,8-9,11H2,(H3,17,18,19);1H. The molecule has 0 bridgehead atoms. The average molecular weight is 399 g/mol. The van der Waals surface area contributed by atoms with Gasteiger partial charge in [-0.1, -0.05) is 24.6 Å². The van der Waals surface area contributed by atoms with Crippen molar-refractivity contribution in [3.8, 4) is 0 Å². The van der Waals surface area contributed by atoms with Crippen LogP contribution in [0.15, 0.2) is 39.7 Å². The molecule has 1 fully saturated rings. The number of guanidine groups is 1. The van der Waals surface area contributed by atoms with Crippen molar-refractivity contribution in [1.82, 2.24) is 5.32 Å². The molecule has 1 heterocycles. The monoisotopic (exact) mass is 399 g/mol. The minimum absolute atomic E-state index is 0. The Morgan fingerprint density at radius 1 is 1.33 bits per heavy atom. The fourth-order valence-electron chi connectivity index (χ4n) is 2.43. The first kappa shape index (κ1) is 16.1. The van der Waals surface area contributed by atoms with Crippen LogP contribution >= 0.6 is 24.0 Å². The van der Waals surface area contributed by atoms with Gasteiger partial charge in [-0.2, -0.15) is 0 Å². The van der Waals surface area contributed by atoms with E-state index in [4.69, 9.17) is 10.2 Å². The van der Waals surface area contributed by atoms with E-state index in [9.17, 15) is 0 Å². The Bertz CT molecular complexity index is 571. The lowest BCUT2D eigenvalue weighted by Crippen LogP contribution is -2.34. The molecule has 0 saturated heterocycles. The lowest BCUT2D eigenvalue weighted by Gasteiger charge is -2.23. The molecule has 2 aromatic rings. The highest BCUT2D eigenvalue weighted by Crippen LogP contribution is 2.26. The van der Waals surface area contributed by atoms with Gasteiger partial charge in [-0.15, -0.1) is 24.0 Å². The van der Waals surface area contributed by atoms with Crippen LogP contribution in [-0.4, -0.2) is 19.0 Å². The molecule has 1 aromatic heterocycles. The van der Waals surface area contributed by atoms with Gasteiger partial charge in [0.2, 0.25) is 0 Å². The van der Waals surface area contributed by atoms with E-state index in [1.165, 1.54) is 19.3 Å². The maximum Gasteiger partial charge on any atom is 0.188 e. The first-order valence-corrected chi connectivity index (χ1v) is 7.32. The summed E-state index contributed by atoms with van der Waals surface area (Å²) in [4.78, 5) is 4.37. The van der Waals surface area contributed by atoms with Gasteiger partial charge in [0.25, 0.3) is 0 Å². The van der Waals surface area contributed by atoms with Crippen molar-refractivity contribution in [2.24, 2.45) is 16.6 Å². The highest BCUT2D eigenvalue weighted by Gasteiger charge is 2.16. The number of aliphatic imine (C=N–C) groups is 1. The lowest BCUT2D eigenvalue weighted by atomic mass is 9.86. The van der Waals surface area contributed by atoms with Crippen LogP contribution in [0, 0.1) is 5.92 Å². The van der Waals surface area contributed by atoms with E-state index in [0.29, 0.717) is 5.96 Å². The number of nitrogens with one attached hydrogen (secondary N) is 1. The summed E-state index contributed by atoms with van der Waals surface area (Å²) in [5.74, 6) is 2.28. The summed E-state index contributed by atoms with van der Waals surface area (Å²) in [5.41, 5.74) is 6.79. The van der Waals surface area contributed by atoms with Crippen LogP contribution < -0.4 is 11.1 Å². The van der Waals surface area contributed by atoms with Crippen molar-refractivity contribution in [3.63, 3.8) is 0 Å². The molecule has 3 rings (SSSR count). The van der Waals surface area contributed by atoms with Crippen molar-refractivity contribution < 1.29 is 4.42 Å². The van der Waals surface area contributed by atoms with Crippen LogP contribution in [0.3, 0.4) is 0 Å². The van der Waals surface area contributed by atoms with Gasteiger partial charge >= 0.3 is 0 Å². The summed E-state index contributed by atoms with van der Waals surface area (Å²) < 4.78 is 5.75. The molecule has 21 heavy (non-hydrogen) atoms. The third kappa shape index (κ3) is 4.36. The average Bonchev–Trinajstić information content (AvgIpc) is 2.79. The predicted octanol–water partition coefficient (Wildman–Crippen LogP) is 3.30. The van der Waals surface area contributed by atoms with Crippen molar-refractivity contribution >= 4 is 40.9 Å². The topological polar surface area (TPSA) is 63.5 Å². The fourth-order valence-corrected chi connectivity index (χ4v) is 2.43. The smallest absolute Gasteiger partial charge is 0.188 e. The quantitative estimate of drug-likeness (QED) is 0.461. The van der Waals surface area contributed by atoms with Crippen LogP contribution in [0.25, 0.3) is 11.0 Å². The van der Waals surface area contributed by atoms with Crippen molar-refractivity contribution in [1.29, 1.82) is 0 Å². The number of fused-ring (bicyclic) bond motifs is 1. The molecular weight excluding hydrogens is 377 g/mol. The lowest BCUT2D eigenvalue weighted by molar-refractivity contribution is 0.326. The Labute approximate surface area is 142 Å². The SMILES string of the molecule is I.NC(=NCC1CCC1)NCCc1cc2ccccc2o1. The van der Waals surface area contributed by atoms with Crippen molar-refractivity contribution in [2.75, 3.05) is 13.1 Å². The third-order valence-corrected chi connectivity index (χ3v) is 3.90. The number of benzene rings is 1. The Balaban J connectivity index is 0.00000161. The van der Waals surface area contributed by atoms with E-state index in [-0.39, 0.29) is 24.0 Å². The van der Waals surface area contributed by atoms with Gasteiger partial charge in [0.15, 0.2) is 5.96 Å². The Morgan fingerprint density at radius 2 is 2.14 bits per heavy atom. The second-order valence-electron chi connectivity index (χ2n) is 5.45. The number of rotatable bonds is 5. The van der Waals surface area contributed by atoms with E-state index in [1.54, 1.807) is 0 Å². The number of furan rings is 1. The van der Waals surface area contributed by atoms with E-state index < -0.39 is 0 Å². The maximum atomic E-state index is 5.85. The van der Waals surface area contributed by atoms with Gasteiger partial charge in [-0.3, -0.25) is 4.99 Å². The summed E-state index contributed by atoms with van der Waals surface area (Å²) in [6.07, 6.45) is 4.76. The summed E-state index contributed by atoms with van der Waals surface area (Å²) in [5, 5.41) is 4.29. The van der Waals surface area contributed by atoms with Crippen molar-refractivity contribution in [2.45, 2.75) is 25.7 Å². The van der Waals surface area contributed by atoms with Crippen LogP contribution in [-0.2, 0) is 6.42 Å². The third-order valence-electron chi connectivity index (χ3n) is 3.90. The van der Waals surface area contributed by atoms with Crippen LogP contribution in [0.4, 0.5) is 0 Å². The molecular formula is C16H22IN3O. The van der Waals surface area contributed by atoms with Gasteiger partial charge in [-0.25, -0.2) is 0 Å². The molecule has 0 aliphatic heterocycles. The molecule has 0 spiro atoms. The molecule has 1 aliphatic rings. The highest BCUT2D eigenvalue weighted by molar-refractivity contribution is 14.0. The molecule has 3 N–H and O–H groups in total. The molecule has 5 heteroatoms. The summed E-state index contributed by atoms with van der Waals surface area (Å²) in [6, 6.07) is 10.1. The Morgan fingerprint density at radius 3 is 2.86 bits per heavy atom. The van der Waals surface area contributed by atoms with Gasteiger partial charge < -0.3 is 15.5 Å². The predicted molar refractivity (Wildman–Crippen MR) is 97.2 cm³/mol. The molecule has 0 radical (unpaired) electrons. The zero-order valence-electron chi connectivity index (χ0n) is 12.0. The second kappa shape index (κ2) is 7.68. The van der Waals surface area contributed by atoms with Crippen LogP contribution in [0.1, 0.15) is 25.0 Å². The molecule has 114 valence electrons. The first-order valence-electron chi connectivity index (χ1n) is 7.32. The van der Waals surface area contributed by atoms with Crippen LogP contribution in [0.5, 0.6) is 0 Å². The zero-order valence-corrected chi connectivity index (χ0v) is 14.4. The minimum Gasteiger partial charge on any atom is -0.461 e. The summed E-state index contributed by atoms with van der Waals surface area (Å²) >= 11 is 0. The van der Waals surface area contributed by atoms with Gasteiger partial charge in [0.05, 0.1) is 0 Å². The van der Waals surface area contributed by atoms with Gasteiger partial charge in [0.1, 0.15) is 11.3 Å². The van der Waals surface area contributed by atoms with Gasteiger partial charge in [0, 0.05) is 24.9 Å². The van der Waals surface area contributed by atoms with Gasteiger partial charge in [-0.05, 0) is 30.9 Å². The molecule has 1 saturated carbocycles. The molecule has 4 nitrogen and oxygen atoms in total. The van der Waals surface area contributed by atoms with Crippen LogP contribution in [0.2, 0.25) is 0 Å². The zero-order chi connectivity index (χ0) is 13.8. The molecule has 0 amide bonds. The summed E-state index contributed by atoms with van der Waals surface area (Å²) in [6.45, 7) is 1.61. The van der Waals surface area contributed by atoms with Crippen molar-refractivity contribution in [3.05, 3.63) is 36.1 Å². The Kier molecular flexibility index (Phi) is 5.90. The number of nitrogens with two attached hydrogens (primary N) is 1. The molecule has 0 atom stereocenters. The highest BCUT2D eigenvalue weighted by atomic mass is 127. The largest absolute Gasteiger partial charge is 0.461 e. The molecule has 1 aromatic carbocycles. The number of hydrogen-bond acceptors (Lipinski definition) is 2. The number of nitrogens with zero attached hydrogens (tertiary/aromatic N) is 1. The minimum atomic E-state index is 0. The number of halogens is 1. The first-order chi connectivity index (χ1) is 9.81. The molecule has 0 unspecified atom stereocenters. The fraction of sp³-hybridized carbons (Fsp3) is 0.438. The van der Waals surface area contributed by atoms with E-state index >= 15 is 0 Å².